The highest BCUT2D eigenvalue weighted by atomic mass is 35.5. The maximum Gasteiger partial charge on any atom is 0.296 e. The van der Waals surface area contributed by atoms with Crippen molar-refractivity contribution in [1.82, 2.24) is 9.88 Å². The van der Waals surface area contributed by atoms with Gasteiger partial charge in [0, 0.05) is 11.8 Å². The number of nitrogens with zero attached hydrogens (tertiary/aromatic N) is 2. The van der Waals surface area contributed by atoms with Crippen LogP contribution in [0.25, 0.3) is 5.76 Å². The van der Waals surface area contributed by atoms with Gasteiger partial charge in [-0.15, -0.1) is 0 Å². The number of aromatic nitrogens is 1. The Balaban J connectivity index is 1.90. The lowest BCUT2D eigenvalue weighted by atomic mass is 9.94. The van der Waals surface area contributed by atoms with Crippen LogP contribution >= 0.6 is 23.2 Å². The molecule has 2 heterocycles. The van der Waals surface area contributed by atoms with Gasteiger partial charge in [0.05, 0.1) is 33.9 Å². The molecule has 1 unspecified atom stereocenters. The van der Waals surface area contributed by atoms with Crippen LogP contribution in [0.4, 0.5) is 0 Å². The predicted octanol–water partition coefficient (Wildman–Crippen LogP) is 5.63. The highest BCUT2D eigenvalue weighted by Crippen LogP contribution is 2.41. The van der Waals surface area contributed by atoms with E-state index in [9.17, 15) is 14.7 Å². The smallest absolute Gasteiger partial charge is 0.296 e. The fourth-order valence-electron chi connectivity index (χ4n) is 3.78. The number of halogens is 2. The van der Waals surface area contributed by atoms with Crippen molar-refractivity contribution >= 4 is 40.7 Å². The van der Waals surface area contributed by atoms with Crippen LogP contribution in [0.15, 0.2) is 66.4 Å². The Morgan fingerprint density at radius 1 is 1.00 bits per heavy atom. The molecule has 4 rings (SSSR count). The fraction of sp³-hybridized carbons (Fsp3) is 0.160. The van der Waals surface area contributed by atoms with Gasteiger partial charge in [-0.1, -0.05) is 47.5 Å². The molecule has 3 aromatic rings. The van der Waals surface area contributed by atoms with E-state index in [0.717, 1.165) is 11.1 Å². The van der Waals surface area contributed by atoms with E-state index >= 15 is 0 Å². The van der Waals surface area contributed by atoms with Gasteiger partial charge in [0.15, 0.2) is 0 Å². The number of rotatable bonds is 4. The Kier molecular flexibility index (Phi) is 6.04. The summed E-state index contributed by atoms with van der Waals surface area (Å²) in [4.78, 5) is 31.9. The predicted molar refractivity (Wildman–Crippen MR) is 124 cm³/mol. The molecule has 0 radical (unpaired) electrons. The molecule has 32 heavy (non-hydrogen) atoms. The van der Waals surface area contributed by atoms with Gasteiger partial charge in [0.2, 0.25) is 0 Å². The summed E-state index contributed by atoms with van der Waals surface area (Å²) in [6.45, 7) is 3.98. The number of amides is 1. The highest BCUT2D eigenvalue weighted by molar-refractivity contribution is 6.46. The number of aliphatic hydroxyl groups is 1. The molecule has 0 bridgehead atoms. The van der Waals surface area contributed by atoms with Crippen molar-refractivity contribution in [2.75, 3.05) is 0 Å². The standard InChI is InChI=1S/C25H20Cl2N2O3/c1-14-6-7-17(11-15(14)2)23(30)21-22(16-8-9-19(26)20(27)12-16)29(25(32)24(21)31)13-18-5-3-4-10-28-18/h3-12,22,30H,13H2,1-2H3/b23-21-. The second kappa shape index (κ2) is 8.77. The highest BCUT2D eigenvalue weighted by Gasteiger charge is 2.46. The molecule has 0 aliphatic carbocycles. The fourth-order valence-corrected chi connectivity index (χ4v) is 4.09. The van der Waals surface area contributed by atoms with E-state index < -0.39 is 17.7 Å². The quantitative estimate of drug-likeness (QED) is 0.307. The largest absolute Gasteiger partial charge is 0.507 e. The van der Waals surface area contributed by atoms with E-state index in [2.05, 4.69) is 4.98 Å². The zero-order valence-electron chi connectivity index (χ0n) is 17.5. The summed E-state index contributed by atoms with van der Waals surface area (Å²) < 4.78 is 0. The van der Waals surface area contributed by atoms with E-state index in [1.54, 1.807) is 48.7 Å². The Hall–Kier alpha value is -3.15. The van der Waals surface area contributed by atoms with Gasteiger partial charge < -0.3 is 10.0 Å². The molecule has 1 N–H and O–H groups in total. The molecule has 2 aromatic carbocycles. The number of pyridine rings is 1. The van der Waals surface area contributed by atoms with E-state index in [1.165, 1.54) is 4.90 Å². The van der Waals surface area contributed by atoms with Gasteiger partial charge in [-0.3, -0.25) is 14.6 Å². The molecule has 7 heteroatoms. The Bertz CT molecular complexity index is 1260. The molecule has 1 fully saturated rings. The first-order chi connectivity index (χ1) is 15.3. The number of likely N-dealkylation sites (tertiary alicyclic amines) is 1. The van der Waals surface area contributed by atoms with Gasteiger partial charge in [0.25, 0.3) is 11.7 Å². The average Bonchev–Trinajstić information content (AvgIpc) is 3.02. The number of carbonyl (C=O) groups is 2. The summed E-state index contributed by atoms with van der Waals surface area (Å²) in [5.41, 5.74) is 3.67. The van der Waals surface area contributed by atoms with Crippen LogP contribution in [-0.2, 0) is 16.1 Å². The third-order valence-electron chi connectivity index (χ3n) is 5.64. The van der Waals surface area contributed by atoms with Crippen LogP contribution in [0, 0.1) is 13.8 Å². The molecule has 1 atom stereocenters. The lowest BCUT2D eigenvalue weighted by molar-refractivity contribution is -0.140. The normalized spacial score (nSPS) is 17.8. The molecule has 5 nitrogen and oxygen atoms in total. The lowest BCUT2D eigenvalue weighted by Crippen LogP contribution is -2.29. The first kappa shape index (κ1) is 22.1. The molecule has 0 spiro atoms. The van der Waals surface area contributed by atoms with Crippen molar-refractivity contribution in [3.05, 3.63) is 104 Å². The number of aliphatic hydroxyl groups excluding tert-OH is 1. The van der Waals surface area contributed by atoms with Gasteiger partial charge in [0.1, 0.15) is 5.76 Å². The number of Topliss-reactive ketones (excluding diaryl/α,β-unsaturated/α-hetero) is 1. The summed E-state index contributed by atoms with van der Waals surface area (Å²) in [6.07, 6.45) is 1.62. The van der Waals surface area contributed by atoms with E-state index in [0.29, 0.717) is 26.9 Å². The maximum atomic E-state index is 13.1. The van der Waals surface area contributed by atoms with Gasteiger partial charge >= 0.3 is 0 Å². The third kappa shape index (κ3) is 4.01. The Morgan fingerprint density at radius 3 is 2.44 bits per heavy atom. The second-order valence-corrected chi connectivity index (χ2v) is 8.54. The number of ketones is 1. The molecule has 162 valence electrons. The Morgan fingerprint density at radius 2 is 1.78 bits per heavy atom. The van der Waals surface area contributed by atoms with Gasteiger partial charge in [-0.2, -0.15) is 0 Å². The molecular formula is C25H20Cl2N2O3. The number of aryl methyl sites for hydroxylation is 2. The minimum absolute atomic E-state index is 0.00701. The maximum absolute atomic E-state index is 13.1. The number of benzene rings is 2. The Labute approximate surface area is 195 Å². The van der Waals surface area contributed by atoms with Gasteiger partial charge in [-0.05, 0) is 60.9 Å². The van der Waals surface area contributed by atoms with E-state index in [1.807, 2.05) is 26.0 Å². The summed E-state index contributed by atoms with van der Waals surface area (Å²) in [5.74, 6) is -1.70. The molecular weight excluding hydrogens is 447 g/mol. The monoisotopic (exact) mass is 466 g/mol. The molecule has 1 amide bonds. The minimum Gasteiger partial charge on any atom is -0.507 e. The zero-order valence-corrected chi connectivity index (χ0v) is 19.0. The van der Waals surface area contributed by atoms with Crippen LogP contribution in [0.3, 0.4) is 0 Å². The zero-order chi connectivity index (χ0) is 23.0. The second-order valence-electron chi connectivity index (χ2n) is 7.72. The topological polar surface area (TPSA) is 70.5 Å². The van der Waals surface area contributed by atoms with Crippen LogP contribution < -0.4 is 0 Å². The van der Waals surface area contributed by atoms with Crippen LogP contribution in [0.1, 0.15) is 34.0 Å². The van der Waals surface area contributed by atoms with Crippen LogP contribution in [-0.4, -0.2) is 26.7 Å². The molecule has 1 saturated heterocycles. The van der Waals surface area contributed by atoms with Crippen molar-refractivity contribution in [1.29, 1.82) is 0 Å². The number of hydrogen-bond donors (Lipinski definition) is 1. The number of carbonyl (C=O) groups excluding carboxylic acids is 2. The third-order valence-corrected chi connectivity index (χ3v) is 6.38. The number of hydrogen-bond acceptors (Lipinski definition) is 4. The van der Waals surface area contributed by atoms with E-state index in [4.69, 9.17) is 23.2 Å². The summed E-state index contributed by atoms with van der Waals surface area (Å²) in [6, 6.07) is 14.8. The summed E-state index contributed by atoms with van der Waals surface area (Å²) in [7, 11) is 0. The minimum atomic E-state index is -0.839. The SMILES string of the molecule is Cc1ccc(/C(O)=C2/C(=O)C(=O)N(Cc3ccccn3)C2c2ccc(Cl)c(Cl)c2)cc1C. The van der Waals surface area contributed by atoms with Crippen molar-refractivity contribution in [3.63, 3.8) is 0 Å². The van der Waals surface area contributed by atoms with Crippen LogP contribution in [0.2, 0.25) is 10.0 Å². The van der Waals surface area contributed by atoms with Crippen molar-refractivity contribution in [3.8, 4) is 0 Å². The first-order valence-electron chi connectivity index (χ1n) is 9.99. The van der Waals surface area contributed by atoms with Gasteiger partial charge in [-0.25, -0.2) is 0 Å². The van der Waals surface area contributed by atoms with Crippen molar-refractivity contribution in [2.24, 2.45) is 0 Å². The molecule has 0 saturated carbocycles. The molecule has 1 aliphatic heterocycles. The first-order valence-corrected chi connectivity index (χ1v) is 10.7. The summed E-state index contributed by atoms with van der Waals surface area (Å²) >= 11 is 12.3. The molecule has 1 aromatic heterocycles. The average molecular weight is 467 g/mol. The van der Waals surface area contributed by atoms with Crippen molar-refractivity contribution < 1.29 is 14.7 Å². The van der Waals surface area contributed by atoms with E-state index in [-0.39, 0.29) is 17.9 Å². The lowest BCUT2D eigenvalue weighted by Gasteiger charge is -2.25. The molecule has 1 aliphatic rings. The van der Waals surface area contributed by atoms with Crippen LogP contribution in [0.5, 0.6) is 0 Å². The summed E-state index contributed by atoms with van der Waals surface area (Å²) in [5, 5.41) is 11.8. The van der Waals surface area contributed by atoms with Crippen molar-refractivity contribution in [2.45, 2.75) is 26.4 Å².